The Balaban J connectivity index is 2.17. The van der Waals surface area contributed by atoms with Crippen LogP contribution in [0.3, 0.4) is 0 Å². The van der Waals surface area contributed by atoms with Crippen LogP contribution in [0.4, 0.5) is 0 Å². The Morgan fingerprint density at radius 1 is 1.11 bits per heavy atom. The number of carbonyl (C=O) groups excluding carboxylic acids is 2. The summed E-state index contributed by atoms with van der Waals surface area (Å²) in [4.78, 5) is 30.1. The molecular formula is C27H32N2O5S. The molecule has 0 saturated carbocycles. The van der Waals surface area contributed by atoms with Crippen molar-refractivity contribution in [3.8, 4) is 0 Å². The first-order valence-corrected chi connectivity index (χ1v) is 12.0. The van der Waals surface area contributed by atoms with Crippen LogP contribution in [0, 0.1) is 6.92 Å². The summed E-state index contributed by atoms with van der Waals surface area (Å²) in [5.41, 5.74) is 1.80. The third-order valence-corrected chi connectivity index (χ3v) is 6.61. The van der Waals surface area contributed by atoms with E-state index in [-0.39, 0.29) is 16.7 Å². The summed E-state index contributed by atoms with van der Waals surface area (Å²) in [6.07, 6.45) is 0.974. The second-order valence-corrected chi connectivity index (χ2v) is 9.03. The minimum Gasteiger partial charge on any atom is -0.503 e. The lowest BCUT2D eigenvalue weighted by molar-refractivity contribution is -0.151. The monoisotopic (exact) mass is 496 g/mol. The molecule has 8 heteroatoms. The second kappa shape index (κ2) is 13.4. The van der Waals surface area contributed by atoms with Gasteiger partial charge in [0.25, 0.3) is 5.91 Å². The molecule has 0 radical (unpaired) electrons. The fraction of sp³-hybridized carbons (Fsp3) is 0.296. The van der Waals surface area contributed by atoms with Crippen molar-refractivity contribution in [2.75, 3.05) is 7.11 Å². The van der Waals surface area contributed by atoms with Crippen LogP contribution < -0.4 is 5.32 Å². The zero-order chi connectivity index (χ0) is 26.0. The molecule has 2 N–H and O–H groups in total. The summed E-state index contributed by atoms with van der Waals surface area (Å²) < 4.78 is 10.8. The van der Waals surface area contributed by atoms with E-state index in [9.17, 15) is 14.7 Å². The first kappa shape index (κ1) is 27.7. The zero-order valence-electron chi connectivity index (χ0n) is 20.6. The molecular weight excluding hydrogens is 464 g/mol. The van der Waals surface area contributed by atoms with Gasteiger partial charge in [-0.15, -0.1) is 11.8 Å². The summed E-state index contributed by atoms with van der Waals surface area (Å²) >= 11 is 1.60. The second-order valence-electron chi connectivity index (χ2n) is 7.81. The van der Waals surface area contributed by atoms with Gasteiger partial charge in [0.1, 0.15) is 12.1 Å². The van der Waals surface area contributed by atoms with Gasteiger partial charge in [-0.25, -0.2) is 4.79 Å². The molecule has 1 amide bonds. The molecule has 7 nitrogen and oxygen atoms in total. The van der Waals surface area contributed by atoms with E-state index in [0.29, 0.717) is 0 Å². The van der Waals surface area contributed by atoms with E-state index in [2.05, 4.69) is 17.0 Å². The van der Waals surface area contributed by atoms with E-state index in [4.69, 9.17) is 9.47 Å². The summed E-state index contributed by atoms with van der Waals surface area (Å²) in [6.45, 7) is 10.3. The number of carbonyl (C=O) groups is 2. The number of aliphatic imine (C=N–C) groups is 1. The van der Waals surface area contributed by atoms with Gasteiger partial charge < -0.3 is 19.9 Å². The minimum absolute atomic E-state index is 0.0604. The maximum absolute atomic E-state index is 12.9. The maximum Gasteiger partial charge on any atom is 0.328 e. The molecule has 0 spiro atoms. The van der Waals surface area contributed by atoms with Crippen molar-refractivity contribution in [1.82, 2.24) is 5.32 Å². The fourth-order valence-electron chi connectivity index (χ4n) is 3.23. The summed E-state index contributed by atoms with van der Waals surface area (Å²) in [6, 6.07) is 17.0. The molecule has 0 saturated heterocycles. The van der Waals surface area contributed by atoms with Crippen LogP contribution in [0.5, 0.6) is 0 Å². The van der Waals surface area contributed by atoms with E-state index in [1.54, 1.807) is 18.7 Å². The van der Waals surface area contributed by atoms with Crippen LogP contribution >= 0.6 is 11.8 Å². The highest BCUT2D eigenvalue weighted by molar-refractivity contribution is 7.99. The summed E-state index contributed by atoms with van der Waals surface area (Å²) in [7, 11) is 1.35. The van der Waals surface area contributed by atoms with Crippen molar-refractivity contribution < 1.29 is 24.2 Å². The minimum atomic E-state index is -0.994. The number of ether oxygens (including phenoxy) is 2. The SMILES string of the molecule is C=N/C(C(=O)N[C@@H](C)C(=O)O[C@@H](C)[C@H](Sc1ccccc1)c1ccc(C)cc1)=C(O)\C(=C/C)OC. The van der Waals surface area contributed by atoms with E-state index in [1.807, 2.05) is 68.4 Å². The predicted molar refractivity (Wildman–Crippen MR) is 139 cm³/mol. The van der Waals surface area contributed by atoms with Crippen molar-refractivity contribution in [3.63, 3.8) is 0 Å². The van der Waals surface area contributed by atoms with Crippen LogP contribution in [0.1, 0.15) is 37.1 Å². The van der Waals surface area contributed by atoms with Crippen LogP contribution in [0.2, 0.25) is 0 Å². The number of nitrogens with one attached hydrogen (secondary N) is 1. The lowest BCUT2D eigenvalue weighted by Gasteiger charge is -2.26. The number of benzene rings is 2. The van der Waals surface area contributed by atoms with E-state index in [1.165, 1.54) is 20.1 Å². The highest BCUT2D eigenvalue weighted by atomic mass is 32.2. The van der Waals surface area contributed by atoms with Gasteiger partial charge in [-0.3, -0.25) is 9.79 Å². The number of methoxy groups -OCH3 is 1. The van der Waals surface area contributed by atoms with Gasteiger partial charge in [0.15, 0.2) is 17.2 Å². The number of aliphatic hydroxyl groups excluding tert-OH is 1. The Morgan fingerprint density at radius 2 is 1.74 bits per heavy atom. The average Bonchev–Trinajstić information content (AvgIpc) is 2.85. The number of thioether (sulfide) groups is 1. The molecule has 0 aliphatic carbocycles. The number of hydrogen-bond acceptors (Lipinski definition) is 7. The van der Waals surface area contributed by atoms with Gasteiger partial charge in [0.2, 0.25) is 0 Å². The smallest absolute Gasteiger partial charge is 0.328 e. The number of hydrogen-bond donors (Lipinski definition) is 2. The van der Waals surface area contributed by atoms with Crippen LogP contribution in [0.15, 0.2) is 87.8 Å². The Kier molecular flexibility index (Phi) is 10.6. The lowest BCUT2D eigenvalue weighted by atomic mass is 10.1. The molecule has 2 rings (SSSR count). The Hall–Kier alpha value is -3.52. The van der Waals surface area contributed by atoms with Gasteiger partial charge in [0.05, 0.1) is 12.4 Å². The van der Waals surface area contributed by atoms with Gasteiger partial charge in [-0.2, -0.15) is 0 Å². The van der Waals surface area contributed by atoms with E-state index in [0.717, 1.165) is 16.0 Å². The van der Waals surface area contributed by atoms with Crippen molar-refractivity contribution in [3.05, 3.63) is 89.0 Å². The van der Waals surface area contributed by atoms with E-state index < -0.39 is 29.8 Å². The Bertz CT molecular complexity index is 1080. The molecule has 186 valence electrons. The maximum atomic E-state index is 12.9. The molecule has 3 atom stereocenters. The van der Waals surface area contributed by atoms with Gasteiger partial charge in [0, 0.05) is 4.90 Å². The number of nitrogens with zero attached hydrogens (tertiary/aromatic N) is 1. The van der Waals surface area contributed by atoms with Crippen molar-refractivity contribution >= 4 is 30.4 Å². The third kappa shape index (κ3) is 7.75. The molecule has 0 aromatic heterocycles. The lowest BCUT2D eigenvalue weighted by Crippen LogP contribution is -2.41. The number of rotatable bonds is 11. The van der Waals surface area contributed by atoms with Crippen molar-refractivity contribution in [1.29, 1.82) is 0 Å². The number of aryl methyl sites for hydroxylation is 1. The fourth-order valence-corrected chi connectivity index (χ4v) is 4.38. The van der Waals surface area contributed by atoms with Crippen LogP contribution in [-0.2, 0) is 19.1 Å². The summed E-state index contributed by atoms with van der Waals surface area (Å²) in [5.74, 6) is -1.81. The Morgan fingerprint density at radius 3 is 2.29 bits per heavy atom. The average molecular weight is 497 g/mol. The van der Waals surface area contributed by atoms with Gasteiger partial charge in [-0.05, 0) is 58.2 Å². The van der Waals surface area contributed by atoms with Crippen molar-refractivity contribution in [2.24, 2.45) is 4.99 Å². The number of allylic oxidation sites excluding steroid dienone is 1. The molecule has 0 bridgehead atoms. The molecule has 0 fully saturated rings. The van der Waals surface area contributed by atoms with E-state index >= 15 is 0 Å². The highest BCUT2D eigenvalue weighted by Gasteiger charge is 2.28. The normalized spacial score (nSPS) is 14.7. The highest BCUT2D eigenvalue weighted by Crippen LogP contribution is 2.39. The predicted octanol–water partition coefficient (Wildman–Crippen LogP) is 5.29. The zero-order valence-corrected chi connectivity index (χ0v) is 21.5. The molecule has 0 heterocycles. The molecule has 2 aromatic rings. The molecule has 35 heavy (non-hydrogen) atoms. The molecule has 0 aliphatic heterocycles. The topological polar surface area (TPSA) is 97.2 Å². The quantitative estimate of drug-likeness (QED) is 0.110. The third-order valence-electron chi connectivity index (χ3n) is 5.15. The standard InChI is InChI=1S/C27H32N2O5S/c1-7-22(33-6)24(30)23(28-5)26(31)29-18(3)27(32)34-19(4)25(20-15-13-17(2)14-16-20)35-21-11-9-8-10-12-21/h7-16,18-19,25,30H,5H2,1-4,6H3,(H,29,31)/b22-7+,24-23+/t18-,19-,25-/m0/s1. The largest absolute Gasteiger partial charge is 0.503 e. The van der Waals surface area contributed by atoms with Crippen LogP contribution in [-0.4, -0.2) is 43.0 Å². The molecule has 0 unspecified atom stereocenters. The summed E-state index contributed by atoms with van der Waals surface area (Å²) in [5, 5.41) is 12.6. The van der Waals surface area contributed by atoms with Gasteiger partial charge >= 0.3 is 5.97 Å². The number of amides is 1. The van der Waals surface area contributed by atoms with Gasteiger partial charge in [-0.1, -0.05) is 48.0 Å². The first-order chi connectivity index (χ1) is 16.7. The Labute approximate surface area is 210 Å². The van der Waals surface area contributed by atoms with Crippen LogP contribution in [0.25, 0.3) is 0 Å². The molecule has 2 aromatic carbocycles. The number of aliphatic hydroxyl groups is 1. The molecule has 0 aliphatic rings. The first-order valence-electron chi connectivity index (χ1n) is 11.1. The number of esters is 1. The van der Waals surface area contributed by atoms with Crippen molar-refractivity contribution in [2.45, 2.75) is 50.0 Å².